The Bertz CT molecular complexity index is 472. The molecular weight excluding hydrogens is 240 g/mol. The first kappa shape index (κ1) is 12.4. The topological polar surface area (TPSA) is 58.1 Å². The summed E-state index contributed by atoms with van der Waals surface area (Å²) in [5, 5.41) is 2.75. The zero-order chi connectivity index (χ0) is 13.2. The Balaban J connectivity index is 1.73. The van der Waals surface area contributed by atoms with E-state index in [4.69, 9.17) is 0 Å². The summed E-state index contributed by atoms with van der Waals surface area (Å²) in [6, 6.07) is 2.10. The number of hydrogen-bond donors (Lipinski definition) is 1. The number of aromatic nitrogens is 2. The number of piperidine rings is 1. The van der Waals surface area contributed by atoms with Crippen molar-refractivity contribution in [2.75, 3.05) is 25.0 Å². The van der Waals surface area contributed by atoms with E-state index in [1.165, 1.54) is 12.8 Å². The summed E-state index contributed by atoms with van der Waals surface area (Å²) in [6.45, 7) is 1.75. The van der Waals surface area contributed by atoms with E-state index in [-0.39, 0.29) is 11.8 Å². The van der Waals surface area contributed by atoms with Crippen molar-refractivity contribution >= 4 is 11.7 Å². The largest absolute Gasteiger partial charge is 0.359 e. The molecule has 1 aliphatic heterocycles. The second-order valence-corrected chi connectivity index (χ2v) is 5.47. The average molecular weight is 260 g/mol. The molecule has 1 aromatic rings. The van der Waals surface area contributed by atoms with Gasteiger partial charge in [0, 0.05) is 37.8 Å². The fraction of sp³-hybridized carbons (Fsp3) is 0.643. The summed E-state index contributed by atoms with van der Waals surface area (Å²) < 4.78 is 0. The molecule has 0 spiro atoms. The molecule has 1 amide bonds. The van der Waals surface area contributed by atoms with Gasteiger partial charge in [0.25, 0.3) is 0 Å². The molecular formula is C14H20N4O. The fourth-order valence-corrected chi connectivity index (χ4v) is 2.74. The maximum Gasteiger partial charge on any atom is 0.224 e. The van der Waals surface area contributed by atoms with Crippen LogP contribution in [-0.2, 0) is 4.79 Å². The maximum absolute atomic E-state index is 11.8. The molecule has 2 aliphatic rings. The van der Waals surface area contributed by atoms with Crippen molar-refractivity contribution in [1.29, 1.82) is 0 Å². The summed E-state index contributed by atoms with van der Waals surface area (Å²) in [6.07, 6.45) is 6.17. The number of hydrogen-bond acceptors (Lipinski definition) is 4. The van der Waals surface area contributed by atoms with Crippen LogP contribution >= 0.6 is 0 Å². The van der Waals surface area contributed by atoms with Gasteiger partial charge in [-0.1, -0.05) is 0 Å². The second kappa shape index (κ2) is 5.15. The minimum atomic E-state index is 0.0816. The first-order valence-electron chi connectivity index (χ1n) is 7.06. The van der Waals surface area contributed by atoms with Gasteiger partial charge in [-0.2, -0.15) is 0 Å². The van der Waals surface area contributed by atoms with Crippen molar-refractivity contribution in [2.45, 2.75) is 31.6 Å². The van der Waals surface area contributed by atoms with E-state index in [0.717, 1.165) is 37.4 Å². The summed E-state index contributed by atoms with van der Waals surface area (Å²) in [5.74, 6) is 1.84. The van der Waals surface area contributed by atoms with Crippen LogP contribution in [0, 0.1) is 5.92 Å². The fourth-order valence-electron chi connectivity index (χ4n) is 2.74. The third kappa shape index (κ3) is 2.69. The van der Waals surface area contributed by atoms with Gasteiger partial charge in [0.1, 0.15) is 12.1 Å². The summed E-state index contributed by atoms with van der Waals surface area (Å²) in [4.78, 5) is 22.7. The summed E-state index contributed by atoms with van der Waals surface area (Å²) in [5.41, 5.74) is 1.16. The smallest absolute Gasteiger partial charge is 0.224 e. The highest BCUT2D eigenvalue weighted by Crippen LogP contribution is 2.39. The minimum Gasteiger partial charge on any atom is -0.359 e. The van der Waals surface area contributed by atoms with E-state index in [1.54, 1.807) is 13.4 Å². The molecule has 1 atom stereocenters. The van der Waals surface area contributed by atoms with Gasteiger partial charge in [0.15, 0.2) is 0 Å². The van der Waals surface area contributed by atoms with Crippen molar-refractivity contribution in [1.82, 2.24) is 15.3 Å². The monoisotopic (exact) mass is 260 g/mol. The Morgan fingerprint density at radius 3 is 2.95 bits per heavy atom. The van der Waals surface area contributed by atoms with Crippen LogP contribution in [0.3, 0.4) is 0 Å². The van der Waals surface area contributed by atoms with Crippen molar-refractivity contribution in [3.8, 4) is 0 Å². The lowest BCUT2D eigenvalue weighted by atomic mass is 9.97. The zero-order valence-corrected chi connectivity index (χ0v) is 11.3. The number of rotatable bonds is 3. The van der Waals surface area contributed by atoms with Crippen molar-refractivity contribution in [3.63, 3.8) is 0 Å². The van der Waals surface area contributed by atoms with Crippen LogP contribution in [0.2, 0.25) is 0 Å². The van der Waals surface area contributed by atoms with Gasteiger partial charge in [-0.15, -0.1) is 0 Å². The third-order valence-corrected chi connectivity index (χ3v) is 4.03. The lowest BCUT2D eigenvalue weighted by molar-refractivity contribution is -0.124. The minimum absolute atomic E-state index is 0.0816. The Morgan fingerprint density at radius 1 is 1.37 bits per heavy atom. The van der Waals surface area contributed by atoms with Crippen LogP contribution < -0.4 is 10.2 Å². The number of carbonyl (C=O) groups excluding carboxylic acids is 1. The molecule has 102 valence electrons. The van der Waals surface area contributed by atoms with Gasteiger partial charge < -0.3 is 10.2 Å². The van der Waals surface area contributed by atoms with Crippen LogP contribution in [0.4, 0.5) is 5.82 Å². The van der Waals surface area contributed by atoms with E-state index in [1.807, 2.05) is 0 Å². The normalized spacial score (nSPS) is 23.2. The van der Waals surface area contributed by atoms with E-state index in [2.05, 4.69) is 26.3 Å². The molecule has 19 heavy (non-hydrogen) atoms. The molecule has 0 aromatic carbocycles. The maximum atomic E-state index is 11.8. The number of nitrogens with zero attached hydrogens (tertiary/aromatic N) is 3. The summed E-state index contributed by atoms with van der Waals surface area (Å²) in [7, 11) is 1.71. The molecule has 1 aromatic heterocycles. The third-order valence-electron chi connectivity index (χ3n) is 4.03. The van der Waals surface area contributed by atoms with Crippen LogP contribution in [0.1, 0.15) is 37.3 Å². The highest BCUT2D eigenvalue weighted by molar-refractivity contribution is 5.79. The first-order chi connectivity index (χ1) is 9.28. The molecule has 0 radical (unpaired) electrons. The predicted molar refractivity (Wildman–Crippen MR) is 73.0 cm³/mol. The molecule has 1 N–H and O–H groups in total. The van der Waals surface area contributed by atoms with Gasteiger partial charge in [0.05, 0.1) is 5.92 Å². The number of nitrogens with one attached hydrogen (secondary N) is 1. The molecule has 2 fully saturated rings. The molecule has 1 aliphatic carbocycles. The number of amides is 1. The first-order valence-corrected chi connectivity index (χ1v) is 7.06. The molecule has 5 nitrogen and oxygen atoms in total. The average Bonchev–Trinajstić information content (AvgIpc) is 3.31. The molecule has 3 rings (SSSR count). The standard InChI is InChI=1S/C14H20N4O/c1-15-14(19)11-3-2-6-18(8-11)13-7-12(10-4-5-10)16-9-17-13/h7,9-11H,2-6,8H2,1H3,(H,15,19). The molecule has 1 unspecified atom stereocenters. The van der Waals surface area contributed by atoms with Crippen LogP contribution in [-0.4, -0.2) is 36.0 Å². The lowest BCUT2D eigenvalue weighted by Crippen LogP contribution is -2.42. The van der Waals surface area contributed by atoms with Crippen molar-refractivity contribution in [3.05, 3.63) is 18.1 Å². The molecule has 1 saturated heterocycles. The number of carbonyl (C=O) groups is 1. The SMILES string of the molecule is CNC(=O)C1CCCN(c2cc(C3CC3)ncn2)C1. The van der Waals surface area contributed by atoms with E-state index in [0.29, 0.717) is 5.92 Å². The zero-order valence-electron chi connectivity index (χ0n) is 11.3. The molecule has 1 saturated carbocycles. The Hall–Kier alpha value is -1.65. The summed E-state index contributed by atoms with van der Waals surface area (Å²) >= 11 is 0. The second-order valence-electron chi connectivity index (χ2n) is 5.47. The van der Waals surface area contributed by atoms with E-state index in [9.17, 15) is 4.79 Å². The Kier molecular flexibility index (Phi) is 3.36. The van der Waals surface area contributed by atoms with Crippen molar-refractivity contribution < 1.29 is 4.79 Å². The lowest BCUT2D eigenvalue weighted by Gasteiger charge is -2.32. The highest BCUT2D eigenvalue weighted by Gasteiger charge is 2.28. The predicted octanol–water partition coefficient (Wildman–Crippen LogP) is 1.32. The molecule has 0 bridgehead atoms. The molecule has 2 heterocycles. The van der Waals surface area contributed by atoms with Gasteiger partial charge in [-0.25, -0.2) is 9.97 Å². The van der Waals surface area contributed by atoms with E-state index >= 15 is 0 Å². The number of anilines is 1. The van der Waals surface area contributed by atoms with Crippen LogP contribution in [0.15, 0.2) is 12.4 Å². The van der Waals surface area contributed by atoms with Crippen molar-refractivity contribution in [2.24, 2.45) is 5.92 Å². The van der Waals surface area contributed by atoms with Crippen LogP contribution in [0.5, 0.6) is 0 Å². The van der Waals surface area contributed by atoms with Gasteiger partial charge in [-0.05, 0) is 25.7 Å². The quantitative estimate of drug-likeness (QED) is 0.890. The highest BCUT2D eigenvalue weighted by atomic mass is 16.1. The van der Waals surface area contributed by atoms with Gasteiger partial charge >= 0.3 is 0 Å². The van der Waals surface area contributed by atoms with Gasteiger partial charge in [-0.3, -0.25) is 4.79 Å². The van der Waals surface area contributed by atoms with Crippen LogP contribution in [0.25, 0.3) is 0 Å². The van der Waals surface area contributed by atoms with E-state index < -0.39 is 0 Å². The Morgan fingerprint density at radius 2 is 2.21 bits per heavy atom. The Labute approximate surface area is 113 Å². The molecule has 5 heteroatoms. The van der Waals surface area contributed by atoms with Gasteiger partial charge in [0.2, 0.25) is 5.91 Å².